The molecule has 0 aromatic carbocycles. The molecule has 3 nitrogen and oxygen atoms in total. The molecule has 20 heavy (non-hydrogen) atoms. The Labute approximate surface area is 106 Å². The number of aromatic nitrogens is 1. The highest BCUT2D eigenvalue weighted by Gasteiger charge is 2.42. The van der Waals surface area contributed by atoms with Crippen molar-refractivity contribution in [3.8, 4) is 11.6 Å². The summed E-state index contributed by atoms with van der Waals surface area (Å²) in [4.78, 5) is 2.70. The third-order valence-corrected chi connectivity index (χ3v) is 1.92. The van der Waals surface area contributed by atoms with Crippen LogP contribution < -0.4 is 9.47 Å². The lowest BCUT2D eigenvalue weighted by molar-refractivity contribution is -0.275. The molecule has 0 radical (unpaired) electrons. The third-order valence-electron chi connectivity index (χ3n) is 1.92. The van der Waals surface area contributed by atoms with Crippen LogP contribution in [-0.4, -0.2) is 18.5 Å². The van der Waals surface area contributed by atoms with E-state index in [0.29, 0.717) is 0 Å². The van der Waals surface area contributed by atoms with E-state index in [1.807, 2.05) is 0 Å². The van der Waals surface area contributed by atoms with Gasteiger partial charge in [0, 0.05) is 6.07 Å². The standard InChI is InChI=1S/C9H5F8NO2/c1-19-4-2-3(20-9(15,16)17)5(7(10)11)6(18-4)8(12,13)14/h2,7H,1H3. The van der Waals surface area contributed by atoms with Crippen LogP contribution in [0.2, 0.25) is 0 Å². The fourth-order valence-electron chi connectivity index (χ4n) is 1.25. The monoisotopic (exact) mass is 311 g/mol. The van der Waals surface area contributed by atoms with Gasteiger partial charge in [0.25, 0.3) is 6.43 Å². The van der Waals surface area contributed by atoms with Gasteiger partial charge in [-0.15, -0.1) is 13.2 Å². The number of rotatable bonds is 3. The number of pyridine rings is 1. The van der Waals surface area contributed by atoms with Gasteiger partial charge >= 0.3 is 12.5 Å². The van der Waals surface area contributed by atoms with E-state index in [9.17, 15) is 35.1 Å². The summed E-state index contributed by atoms with van der Waals surface area (Å²) < 4.78 is 106. The quantitative estimate of drug-likeness (QED) is 0.792. The Hall–Kier alpha value is -1.81. The van der Waals surface area contributed by atoms with E-state index < -0.39 is 41.9 Å². The lowest BCUT2D eigenvalue weighted by Crippen LogP contribution is -2.21. The molecule has 1 aromatic heterocycles. The van der Waals surface area contributed by atoms with Gasteiger partial charge in [-0.25, -0.2) is 13.8 Å². The molecule has 0 fully saturated rings. The average molecular weight is 311 g/mol. The number of halogens is 8. The van der Waals surface area contributed by atoms with Gasteiger partial charge in [0.15, 0.2) is 5.69 Å². The SMILES string of the molecule is COc1cc(OC(F)(F)F)c(C(F)F)c(C(F)(F)F)n1. The second-order valence-electron chi connectivity index (χ2n) is 3.27. The Balaban J connectivity index is 3.55. The van der Waals surface area contributed by atoms with Crippen LogP contribution in [0.25, 0.3) is 0 Å². The predicted molar refractivity (Wildman–Crippen MR) is 47.4 cm³/mol. The van der Waals surface area contributed by atoms with Crippen molar-refractivity contribution >= 4 is 0 Å². The summed E-state index contributed by atoms with van der Waals surface area (Å²) in [5.41, 5.74) is -4.21. The molecule has 0 atom stereocenters. The van der Waals surface area contributed by atoms with Crippen LogP contribution >= 0.6 is 0 Å². The Morgan fingerprint density at radius 1 is 1.10 bits per heavy atom. The van der Waals surface area contributed by atoms with Gasteiger partial charge in [-0.2, -0.15) is 13.2 Å². The highest BCUT2D eigenvalue weighted by atomic mass is 19.4. The highest BCUT2D eigenvalue weighted by Crippen LogP contribution is 2.42. The summed E-state index contributed by atoms with van der Waals surface area (Å²) in [5, 5.41) is 0. The molecule has 1 heterocycles. The zero-order valence-electron chi connectivity index (χ0n) is 9.44. The molecule has 0 saturated carbocycles. The van der Waals surface area contributed by atoms with E-state index in [1.54, 1.807) is 0 Å². The summed E-state index contributed by atoms with van der Waals surface area (Å²) in [7, 11) is 0.807. The molecule has 0 aliphatic carbocycles. The summed E-state index contributed by atoms with van der Waals surface area (Å²) >= 11 is 0. The van der Waals surface area contributed by atoms with E-state index >= 15 is 0 Å². The highest BCUT2D eigenvalue weighted by molar-refractivity contribution is 5.42. The molecule has 1 aromatic rings. The van der Waals surface area contributed by atoms with E-state index in [0.717, 1.165) is 7.11 Å². The normalized spacial score (nSPS) is 12.7. The second kappa shape index (κ2) is 5.29. The van der Waals surface area contributed by atoms with Crippen molar-refractivity contribution in [2.45, 2.75) is 19.0 Å². The topological polar surface area (TPSA) is 31.4 Å². The zero-order chi connectivity index (χ0) is 15.7. The molecule has 114 valence electrons. The molecule has 0 bridgehead atoms. The maximum atomic E-state index is 12.6. The Bertz CT molecular complexity index is 482. The summed E-state index contributed by atoms with van der Waals surface area (Å²) in [6.07, 6.45) is -14.7. The molecular formula is C9H5F8NO2. The minimum atomic E-state index is -5.45. The van der Waals surface area contributed by atoms with Crippen LogP contribution in [0.3, 0.4) is 0 Å². The maximum Gasteiger partial charge on any atom is 0.573 e. The van der Waals surface area contributed by atoms with Crippen LogP contribution in [0, 0.1) is 0 Å². The average Bonchev–Trinajstić information content (AvgIpc) is 2.23. The lowest BCUT2D eigenvalue weighted by atomic mass is 10.1. The number of hydrogen-bond acceptors (Lipinski definition) is 3. The first kappa shape index (κ1) is 16.2. The minimum absolute atomic E-state index is 0.199. The largest absolute Gasteiger partial charge is 0.573 e. The van der Waals surface area contributed by atoms with Crippen molar-refractivity contribution in [3.63, 3.8) is 0 Å². The molecule has 0 unspecified atom stereocenters. The first-order chi connectivity index (χ1) is 8.95. The van der Waals surface area contributed by atoms with Crippen molar-refractivity contribution in [2.24, 2.45) is 0 Å². The van der Waals surface area contributed by atoms with Gasteiger partial charge in [-0.1, -0.05) is 0 Å². The van der Waals surface area contributed by atoms with Crippen molar-refractivity contribution in [1.29, 1.82) is 0 Å². The number of hydrogen-bond donors (Lipinski definition) is 0. The van der Waals surface area contributed by atoms with Gasteiger partial charge in [0.1, 0.15) is 5.75 Å². The van der Waals surface area contributed by atoms with Crippen molar-refractivity contribution in [3.05, 3.63) is 17.3 Å². The van der Waals surface area contributed by atoms with E-state index in [1.165, 1.54) is 0 Å². The van der Waals surface area contributed by atoms with Gasteiger partial charge in [-0.3, -0.25) is 0 Å². The summed E-state index contributed by atoms with van der Waals surface area (Å²) in [6, 6.07) is 0.199. The molecule has 0 aliphatic heterocycles. The number of ether oxygens (including phenoxy) is 2. The Kier molecular flexibility index (Phi) is 4.30. The lowest BCUT2D eigenvalue weighted by Gasteiger charge is -2.18. The molecule has 0 amide bonds. The Morgan fingerprint density at radius 2 is 1.65 bits per heavy atom. The second-order valence-corrected chi connectivity index (χ2v) is 3.27. The number of alkyl halides is 8. The Morgan fingerprint density at radius 3 is 2.00 bits per heavy atom. The van der Waals surface area contributed by atoms with Crippen LogP contribution in [0.4, 0.5) is 35.1 Å². The molecule has 1 rings (SSSR count). The molecule has 0 spiro atoms. The van der Waals surface area contributed by atoms with E-state index in [4.69, 9.17) is 0 Å². The van der Waals surface area contributed by atoms with Crippen molar-refractivity contribution < 1.29 is 44.6 Å². The van der Waals surface area contributed by atoms with Crippen LogP contribution in [0.5, 0.6) is 11.6 Å². The molecular weight excluding hydrogens is 306 g/mol. The molecule has 0 aliphatic rings. The van der Waals surface area contributed by atoms with E-state index in [2.05, 4.69) is 14.5 Å². The molecule has 11 heteroatoms. The van der Waals surface area contributed by atoms with Gasteiger partial charge in [0.2, 0.25) is 5.88 Å². The van der Waals surface area contributed by atoms with Crippen LogP contribution in [-0.2, 0) is 6.18 Å². The fraction of sp³-hybridized carbons (Fsp3) is 0.444. The maximum absolute atomic E-state index is 12.6. The predicted octanol–water partition coefficient (Wildman–Crippen LogP) is 3.95. The van der Waals surface area contributed by atoms with E-state index in [-0.39, 0.29) is 6.07 Å². The van der Waals surface area contributed by atoms with Gasteiger partial charge < -0.3 is 9.47 Å². The summed E-state index contributed by atoms with van der Waals surface area (Å²) in [5.74, 6) is -2.66. The van der Waals surface area contributed by atoms with Gasteiger partial charge in [0.05, 0.1) is 12.7 Å². The smallest absolute Gasteiger partial charge is 0.481 e. The third kappa shape index (κ3) is 3.84. The zero-order valence-corrected chi connectivity index (χ0v) is 9.44. The number of nitrogens with zero attached hydrogens (tertiary/aromatic N) is 1. The van der Waals surface area contributed by atoms with Crippen LogP contribution in [0.15, 0.2) is 6.07 Å². The first-order valence-electron chi connectivity index (χ1n) is 4.65. The minimum Gasteiger partial charge on any atom is -0.481 e. The first-order valence-corrected chi connectivity index (χ1v) is 4.65. The van der Waals surface area contributed by atoms with Crippen molar-refractivity contribution in [1.82, 2.24) is 4.98 Å². The van der Waals surface area contributed by atoms with Crippen molar-refractivity contribution in [2.75, 3.05) is 7.11 Å². The van der Waals surface area contributed by atoms with Gasteiger partial charge in [-0.05, 0) is 0 Å². The fourth-order valence-corrected chi connectivity index (χ4v) is 1.25. The summed E-state index contributed by atoms with van der Waals surface area (Å²) in [6.45, 7) is 0. The number of methoxy groups -OCH3 is 1. The van der Waals surface area contributed by atoms with Crippen LogP contribution in [0.1, 0.15) is 17.7 Å². The molecule has 0 N–H and O–H groups in total. The molecule has 0 saturated heterocycles.